The number of hydrogen-bond donors (Lipinski definition) is 0. The summed E-state index contributed by atoms with van der Waals surface area (Å²) in [4.78, 5) is 0. The number of alkyl halides is 1. The van der Waals surface area contributed by atoms with Crippen LogP contribution in [0.4, 0.5) is 0 Å². The molecule has 0 amide bonds. The van der Waals surface area contributed by atoms with E-state index in [1.165, 1.54) is 0 Å². The van der Waals surface area contributed by atoms with Crippen LogP contribution >= 0.6 is 15.9 Å². The lowest BCUT2D eigenvalue weighted by molar-refractivity contribution is 1.20. The largest absolute Gasteiger partial charge is 0.0885 e. The van der Waals surface area contributed by atoms with Gasteiger partial charge in [0, 0.05) is 5.33 Å². The van der Waals surface area contributed by atoms with Crippen LogP contribution in [-0.2, 0) is 0 Å². The normalized spacial score (nSPS) is 11.8. The van der Waals surface area contributed by atoms with Gasteiger partial charge < -0.3 is 0 Å². The number of halogens is 1. The van der Waals surface area contributed by atoms with Crippen molar-refractivity contribution in [3.8, 4) is 0 Å². The van der Waals surface area contributed by atoms with Gasteiger partial charge in [-0.15, -0.1) is 0 Å². The molecule has 0 nitrogen and oxygen atoms in total. The van der Waals surface area contributed by atoms with Gasteiger partial charge in [-0.25, -0.2) is 0 Å². The summed E-state index contributed by atoms with van der Waals surface area (Å²) in [6, 6.07) is 0. The molecule has 0 aliphatic heterocycles. The van der Waals surface area contributed by atoms with E-state index in [0.717, 1.165) is 18.2 Å². The molecule has 0 saturated heterocycles. The first-order valence-corrected chi connectivity index (χ1v) is 4.40. The van der Waals surface area contributed by atoms with Crippen molar-refractivity contribution >= 4 is 15.9 Å². The van der Waals surface area contributed by atoms with Gasteiger partial charge in [0.05, 0.1) is 0 Å². The molecule has 0 aliphatic rings. The summed E-state index contributed by atoms with van der Waals surface area (Å²) in [7, 11) is 0. The van der Waals surface area contributed by atoms with Crippen molar-refractivity contribution in [3.05, 3.63) is 24.3 Å². The van der Waals surface area contributed by atoms with Gasteiger partial charge in [0.15, 0.2) is 0 Å². The molecule has 0 rings (SSSR count). The molecule has 0 aromatic carbocycles. The zero-order valence-corrected chi connectivity index (χ0v) is 7.39. The highest BCUT2D eigenvalue weighted by Crippen LogP contribution is 1.89. The molecule has 0 fully saturated rings. The molecule has 0 heterocycles. The number of hydrogen-bond acceptors (Lipinski definition) is 0. The Morgan fingerprint density at radius 1 is 1.11 bits per heavy atom. The van der Waals surface area contributed by atoms with Crippen molar-refractivity contribution in [1.29, 1.82) is 0 Å². The van der Waals surface area contributed by atoms with Crippen LogP contribution in [0.15, 0.2) is 24.3 Å². The molecule has 0 atom stereocenters. The van der Waals surface area contributed by atoms with E-state index in [4.69, 9.17) is 0 Å². The maximum absolute atomic E-state index is 3.31. The standard InChI is InChI=1S/C8H13Br/c1-2-3-4-5-6-7-8-9/h3-4,6-7H,2,5,8H2,1H3. The van der Waals surface area contributed by atoms with E-state index in [1.54, 1.807) is 0 Å². The highest BCUT2D eigenvalue weighted by atomic mass is 79.9. The Labute approximate surface area is 65.8 Å². The second-order valence-electron chi connectivity index (χ2n) is 1.74. The summed E-state index contributed by atoms with van der Waals surface area (Å²) in [6.07, 6.45) is 10.8. The Balaban J connectivity index is 3.08. The van der Waals surface area contributed by atoms with E-state index in [9.17, 15) is 0 Å². The van der Waals surface area contributed by atoms with E-state index < -0.39 is 0 Å². The van der Waals surface area contributed by atoms with Crippen molar-refractivity contribution in [1.82, 2.24) is 0 Å². The highest BCUT2D eigenvalue weighted by molar-refractivity contribution is 9.09. The number of allylic oxidation sites excluding steroid dienone is 4. The predicted molar refractivity (Wildman–Crippen MR) is 47.0 cm³/mol. The van der Waals surface area contributed by atoms with E-state index in [-0.39, 0.29) is 0 Å². The van der Waals surface area contributed by atoms with Gasteiger partial charge in [-0.1, -0.05) is 47.2 Å². The van der Waals surface area contributed by atoms with Crippen molar-refractivity contribution in [2.24, 2.45) is 0 Å². The lowest BCUT2D eigenvalue weighted by atomic mass is 10.3. The summed E-state index contributed by atoms with van der Waals surface area (Å²) in [5, 5.41) is 0.965. The monoisotopic (exact) mass is 188 g/mol. The average Bonchev–Trinajstić information content (AvgIpc) is 1.89. The second kappa shape index (κ2) is 7.96. The quantitative estimate of drug-likeness (QED) is 0.470. The summed E-state index contributed by atoms with van der Waals surface area (Å²) in [5.41, 5.74) is 0. The van der Waals surface area contributed by atoms with E-state index in [2.05, 4.69) is 47.2 Å². The Bertz CT molecular complexity index is 80.7. The van der Waals surface area contributed by atoms with Crippen molar-refractivity contribution in [3.63, 3.8) is 0 Å². The van der Waals surface area contributed by atoms with Crippen LogP contribution in [-0.4, -0.2) is 5.33 Å². The summed E-state index contributed by atoms with van der Waals surface area (Å²) < 4.78 is 0. The molecule has 9 heavy (non-hydrogen) atoms. The summed E-state index contributed by atoms with van der Waals surface area (Å²) in [5.74, 6) is 0. The fourth-order valence-electron chi connectivity index (χ4n) is 0.501. The first-order chi connectivity index (χ1) is 4.41. The topological polar surface area (TPSA) is 0 Å². The van der Waals surface area contributed by atoms with Crippen LogP contribution in [0.1, 0.15) is 19.8 Å². The molecular formula is C8H13Br. The summed E-state index contributed by atoms with van der Waals surface area (Å²) >= 11 is 3.31. The minimum Gasteiger partial charge on any atom is -0.0885 e. The highest BCUT2D eigenvalue weighted by Gasteiger charge is 1.68. The summed E-state index contributed by atoms with van der Waals surface area (Å²) in [6.45, 7) is 2.14. The van der Waals surface area contributed by atoms with Gasteiger partial charge in [0.1, 0.15) is 0 Å². The van der Waals surface area contributed by atoms with Crippen LogP contribution in [0, 0.1) is 0 Å². The third kappa shape index (κ3) is 7.96. The molecule has 0 radical (unpaired) electrons. The molecule has 52 valence electrons. The minimum atomic E-state index is 0.965. The lowest BCUT2D eigenvalue weighted by Gasteiger charge is -1.79. The first-order valence-electron chi connectivity index (χ1n) is 3.27. The minimum absolute atomic E-state index is 0.965. The van der Waals surface area contributed by atoms with Crippen LogP contribution in [0.25, 0.3) is 0 Å². The third-order valence-corrected chi connectivity index (χ3v) is 1.30. The predicted octanol–water partition coefficient (Wildman–Crippen LogP) is 3.29. The lowest BCUT2D eigenvalue weighted by Crippen LogP contribution is -1.60. The number of rotatable bonds is 4. The van der Waals surface area contributed by atoms with Crippen molar-refractivity contribution < 1.29 is 0 Å². The van der Waals surface area contributed by atoms with Gasteiger partial charge in [-0.05, 0) is 12.8 Å². The average molecular weight is 189 g/mol. The molecule has 0 bridgehead atoms. The van der Waals surface area contributed by atoms with Crippen molar-refractivity contribution in [2.45, 2.75) is 19.8 Å². The maximum Gasteiger partial charge on any atom is 0.0212 e. The molecule has 0 aromatic rings. The Morgan fingerprint density at radius 2 is 1.78 bits per heavy atom. The molecule has 1 heteroatoms. The molecule has 0 unspecified atom stereocenters. The van der Waals surface area contributed by atoms with Gasteiger partial charge in [-0.2, -0.15) is 0 Å². The zero-order chi connectivity index (χ0) is 6.95. The first kappa shape index (κ1) is 8.96. The maximum atomic E-state index is 3.31. The third-order valence-electron chi connectivity index (χ3n) is 0.930. The Hall–Kier alpha value is -0.0400. The van der Waals surface area contributed by atoms with Crippen LogP contribution in [0.3, 0.4) is 0 Å². The fraction of sp³-hybridized carbons (Fsp3) is 0.500. The molecular weight excluding hydrogens is 176 g/mol. The van der Waals surface area contributed by atoms with Gasteiger partial charge in [0.2, 0.25) is 0 Å². The van der Waals surface area contributed by atoms with Gasteiger partial charge in [0.25, 0.3) is 0 Å². The van der Waals surface area contributed by atoms with Crippen LogP contribution in [0.2, 0.25) is 0 Å². The van der Waals surface area contributed by atoms with Gasteiger partial charge >= 0.3 is 0 Å². The fourth-order valence-corrected chi connectivity index (χ4v) is 0.765. The van der Waals surface area contributed by atoms with E-state index in [1.807, 2.05) is 0 Å². The SMILES string of the molecule is CCC=CCC=CCBr. The van der Waals surface area contributed by atoms with E-state index in [0.29, 0.717) is 0 Å². The molecule has 0 N–H and O–H groups in total. The van der Waals surface area contributed by atoms with Crippen LogP contribution < -0.4 is 0 Å². The van der Waals surface area contributed by atoms with Gasteiger partial charge in [-0.3, -0.25) is 0 Å². The van der Waals surface area contributed by atoms with Crippen molar-refractivity contribution in [2.75, 3.05) is 5.33 Å². The molecule has 0 spiro atoms. The molecule has 0 saturated carbocycles. The Morgan fingerprint density at radius 3 is 2.33 bits per heavy atom. The molecule has 0 aliphatic carbocycles. The zero-order valence-electron chi connectivity index (χ0n) is 5.81. The van der Waals surface area contributed by atoms with E-state index >= 15 is 0 Å². The second-order valence-corrected chi connectivity index (χ2v) is 2.39. The molecule has 0 aromatic heterocycles. The Kier molecular flexibility index (Phi) is 7.92. The van der Waals surface area contributed by atoms with Crippen LogP contribution in [0.5, 0.6) is 0 Å². The smallest absolute Gasteiger partial charge is 0.0212 e.